The van der Waals surface area contributed by atoms with Crippen molar-refractivity contribution in [2.45, 2.75) is 39.0 Å². The van der Waals surface area contributed by atoms with Crippen molar-refractivity contribution >= 4 is 5.97 Å². The molecule has 0 aliphatic carbocycles. The van der Waals surface area contributed by atoms with Gasteiger partial charge in [0, 0.05) is 6.54 Å². The first-order valence-electron chi connectivity index (χ1n) is 10.8. The van der Waals surface area contributed by atoms with Crippen LogP contribution in [0.5, 0.6) is 5.75 Å². The summed E-state index contributed by atoms with van der Waals surface area (Å²) in [6.07, 6.45) is 3.69. The molecule has 4 heteroatoms. The van der Waals surface area contributed by atoms with Crippen molar-refractivity contribution in [3.8, 4) is 5.75 Å². The number of esters is 1. The summed E-state index contributed by atoms with van der Waals surface area (Å²) in [5.74, 6) is 1.14. The molecule has 1 unspecified atom stereocenters. The Morgan fingerprint density at radius 3 is 2.59 bits per heavy atom. The molecule has 4 nitrogen and oxygen atoms in total. The molecule has 1 fully saturated rings. The van der Waals surface area contributed by atoms with Crippen molar-refractivity contribution in [3.63, 3.8) is 0 Å². The molecule has 1 heterocycles. The summed E-state index contributed by atoms with van der Waals surface area (Å²) in [7, 11) is 0. The third kappa shape index (κ3) is 6.60. The molecule has 0 spiro atoms. The van der Waals surface area contributed by atoms with Crippen molar-refractivity contribution in [3.05, 3.63) is 65.7 Å². The van der Waals surface area contributed by atoms with Gasteiger partial charge in [0.25, 0.3) is 0 Å². The maximum absolute atomic E-state index is 11.9. The monoisotopic (exact) mass is 395 g/mol. The van der Waals surface area contributed by atoms with Crippen molar-refractivity contribution in [1.29, 1.82) is 0 Å². The predicted octanol–water partition coefficient (Wildman–Crippen LogP) is 4.69. The van der Waals surface area contributed by atoms with Gasteiger partial charge in [0.05, 0.1) is 12.5 Å². The minimum absolute atomic E-state index is 0.192. The largest absolute Gasteiger partial charge is 0.492 e. The predicted molar refractivity (Wildman–Crippen MR) is 116 cm³/mol. The molecule has 0 aromatic heterocycles. The lowest BCUT2D eigenvalue weighted by Gasteiger charge is -2.31. The second-order valence-corrected chi connectivity index (χ2v) is 7.87. The summed E-state index contributed by atoms with van der Waals surface area (Å²) < 4.78 is 11.1. The lowest BCUT2D eigenvalue weighted by atomic mass is 9.90. The van der Waals surface area contributed by atoms with E-state index in [1.165, 1.54) is 24.8 Å². The highest BCUT2D eigenvalue weighted by Crippen LogP contribution is 2.23. The van der Waals surface area contributed by atoms with Crippen molar-refractivity contribution in [1.82, 2.24) is 4.90 Å². The molecule has 3 rings (SSSR count). The smallest absolute Gasteiger partial charge is 0.313 e. The van der Waals surface area contributed by atoms with E-state index in [0.717, 1.165) is 36.9 Å². The minimum atomic E-state index is -0.276. The number of carbonyl (C=O) groups excluding carboxylic acids is 1. The second kappa shape index (κ2) is 11.0. The van der Waals surface area contributed by atoms with E-state index in [-0.39, 0.29) is 11.9 Å². The molecule has 0 saturated carbocycles. The fourth-order valence-corrected chi connectivity index (χ4v) is 3.93. The Morgan fingerprint density at radius 1 is 1.10 bits per heavy atom. The standard InChI is InChI=1S/C25H33NO3/c1-3-28-25(27)20(2)23-10-7-11-24(19-23)29-17-16-26-14-12-22(13-15-26)18-21-8-5-4-6-9-21/h4-11,19-20,22H,3,12-18H2,1-2H3. The number of rotatable bonds is 9. The van der Waals surface area contributed by atoms with E-state index < -0.39 is 0 Å². The van der Waals surface area contributed by atoms with E-state index in [2.05, 4.69) is 35.2 Å². The molecule has 1 saturated heterocycles. The third-order valence-corrected chi connectivity index (χ3v) is 5.75. The topological polar surface area (TPSA) is 38.8 Å². The van der Waals surface area contributed by atoms with Gasteiger partial charge in [-0.3, -0.25) is 9.69 Å². The highest BCUT2D eigenvalue weighted by Gasteiger charge is 2.20. The van der Waals surface area contributed by atoms with E-state index in [9.17, 15) is 4.79 Å². The van der Waals surface area contributed by atoms with Crippen LogP contribution in [0, 0.1) is 5.92 Å². The molecule has 1 aliphatic heterocycles. The number of hydrogen-bond donors (Lipinski definition) is 0. The van der Waals surface area contributed by atoms with Crippen LogP contribution in [-0.2, 0) is 16.0 Å². The number of hydrogen-bond acceptors (Lipinski definition) is 4. The van der Waals surface area contributed by atoms with Crippen LogP contribution in [0.4, 0.5) is 0 Å². The van der Waals surface area contributed by atoms with E-state index in [1.54, 1.807) is 0 Å². The third-order valence-electron chi connectivity index (χ3n) is 5.75. The van der Waals surface area contributed by atoms with E-state index in [4.69, 9.17) is 9.47 Å². The molecule has 156 valence electrons. The summed E-state index contributed by atoms with van der Waals surface area (Å²) in [6.45, 7) is 7.99. The summed E-state index contributed by atoms with van der Waals surface area (Å²) in [5.41, 5.74) is 2.38. The van der Waals surface area contributed by atoms with E-state index in [1.807, 2.05) is 38.1 Å². The molecular weight excluding hydrogens is 362 g/mol. The Bertz CT molecular complexity index is 754. The lowest BCUT2D eigenvalue weighted by molar-refractivity contribution is -0.144. The highest BCUT2D eigenvalue weighted by atomic mass is 16.5. The molecule has 0 bridgehead atoms. The van der Waals surface area contributed by atoms with Gasteiger partial charge >= 0.3 is 5.97 Å². The van der Waals surface area contributed by atoms with Gasteiger partial charge in [-0.05, 0) is 75.4 Å². The first-order chi connectivity index (χ1) is 14.2. The van der Waals surface area contributed by atoms with Crippen LogP contribution in [0.25, 0.3) is 0 Å². The van der Waals surface area contributed by atoms with Gasteiger partial charge in [-0.15, -0.1) is 0 Å². The first kappa shape index (κ1) is 21.4. The fourth-order valence-electron chi connectivity index (χ4n) is 3.93. The molecule has 0 amide bonds. The van der Waals surface area contributed by atoms with Crippen LogP contribution in [0.15, 0.2) is 54.6 Å². The van der Waals surface area contributed by atoms with Gasteiger partial charge in [-0.1, -0.05) is 42.5 Å². The zero-order chi connectivity index (χ0) is 20.5. The van der Waals surface area contributed by atoms with Crippen LogP contribution in [0.1, 0.15) is 43.7 Å². The Hall–Kier alpha value is -2.33. The van der Waals surface area contributed by atoms with Gasteiger partial charge < -0.3 is 9.47 Å². The normalized spacial score (nSPS) is 16.3. The zero-order valence-corrected chi connectivity index (χ0v) is 17.7. The second-order valence-electron chi connectivity index (χ2n) is 7.87. The zero-order valence-electron chi connectivity index (χ0n) is 17.7. The van der Waals surface area contributed by atoms with Gasteiger partial charge in [0.15, 0.2) is 0 Å². The molecule has 0 radical (unpaired) electrons. The lowest BCUT2D eigenvalue weighted by Crippen LogP contribution is -2.37. The van der Waals surface area contributed by atoms with Crippen LogP contribution in [0.3, 0.4) is 0 Å². The maximum atomic E-state index is 11.9. The van der Waals surface area contributed by atoms with E-state index >= 15 is 0 Å². The van der Waals surface area contributed by atoms with Crippen molar-refractivity contribution in [2.24, 2.45) is 5.92 Å². The molecule has 1 aliphatic rings. The Balaban J connectivity index is 1.39. The molecule has 0 N–H and O–H groups in total. The Morgan fingerprint density at radius 2 is 1.86 bits per heavy atom. The molecule has 29 heavy (non-hydrogen) atoms. The van der Waals surface area contributed by atoms with Crippen LogP contribution < -0.4 is 4.74 Å². The number of likely N-dealkylation sites (tertiary alicyclic amines) is 1. The Kier molecular flexibility index (Phi) is 8.12. The molecule has 2 aromatic carbocycles. The number of nitrogens with zero attached hydrogens (tertiary/aromatic N) is 1. The summed E-state index contributed by atoms with van der Waals surface area (Å²) in [5, 5.41) is 0. The minimum Gasteiger partial charge on any atom is -0.492 e. The van der Waals surface area contributed by atoms with Crippen LogP contribution in [0.2, 0.25) is 0 Å². The van der Waals surface area contributed by atoms with Gasteiger partial charge in [-0.25, -0.2) is 0 Å². The van der Waals surface area contributed by atoms with Crippen molar-refractivity contribution < 1.29 is 14.3 Å². The van der Waals surface area contributed by atoms with E-state index in [0.29, 0.717) is 13.2 Å². The average Bonchev–Trinajstić information content (AvgIpc) is 2.75. The van der Waals surface area contributed by atoms with Gasteiger partial charge in [-0.2, -0.15) is 0 Å². The van der Waals surface area contributed by atoms with Crippen LogP contribution in [-0.4, -0.2) is 43.7 Å². The average molecular weight is 396 g/mol. The first-order valence-corrected chi connectivity index (χ1v) is 10.8. The van der Waals surface area contributed by atoms with Gasteiger partial charge in [0.2, 0.25) is 0 Å². The van der Waals surface area contributed by atoms with Crippen molar-refractivity contribution in [2.75, 3.05) is 32.8 Å². The fraction of sp³-hybridized carbons (Fsp3) is 0.480. The summed E-state index contributed by atoms with van der Waals surface area (Å²) in [6, 6.07) is 18.6. The number of ether oxygens (including phenoxy) is 2. The summed E-state index contributed by atoms with van der Waals surface area (Å²) in [4.78, 5) is 14.4. The van der Waals surface area contributed by atoms with Crippen LogP contribution >= 0.6 is 0 Å². The SMILES string of the molecule is CCOC(=O)C(C)c1cccc(OCCN2CCC(Cc3ccccc3)CC2)c1. The number of benzene rings is 2. The number of piperidine rings is 1. The number of carbonyl (C=O) groups is 1. The molecule has 1 atom stereocenters. The molecule has 2 aromatic rings. The quantitative estimate of drug-likeness (QED) is 0.578. The molecular formula is C25H33NO3. The van der Waals surface area contributed by atoms with Gasteiger partial charge in [0.1, 0.15) is 12.4 Å². The summed E-state index contributed by atoms with van der Waals surface area (Å²) >= 11 is 0. The highest BCUT2D eigenvalue weighted by molar-refractivity contribution is 5.77. The Labute approximate surface area is 174 Å². The maximum Gasteiger partial charge on any atom is 0.313 e.